The van der Waals surface area contributed by atoms with Gasteiger partial charge in [0, 0.05) is 23.1 Å². The van der Waals surface area contributed by atoms with Crippen LogP contribution in [0.25, 0.3) is 11.0 Å². The smallest absolute Gasteiger partial charge is 0.336 e. The molecule has 25 heavy (non-hydrogen) atoms. The van der Waals surface area contributed by atoms with Crippen LogP contribution in [0.15, 0.2) is 51.7 Å². The van der Waals surface area contributed by atoms with Crippen molar-refractivity contribution in [2.24, 2.45) is 0 Å². The van der Waals surface area contributed by atoms with E-state index in [0.29, 0.717) is 35.0 Å². The summed E-state index contributed by atoms with van der Waals surface area (Å²) in [5.41, 5.74) is 1.35. The van der Waals surface area contributed by atoms with Crippen LogP contribution in [0.3, 0.4) is 0 Å². The molecule has 0 aliphatic heterocycles. The number of fused-ring (bicyclic) bond motifs is 1. The van der Waals surface area contributed by atoms with E-state index < -0.39 is 5.63 Å². The van der Waals surface area contributed by atoms with E-state index in [1.54, 1.807) is 25.3 Å². The van der Waals surface area contributed by atoms with Crippen LogP contribution in [0.4, 0.5) is 4.39 Å². The number of benzene rings is 2. The molecule has 0 aliphatic carbocycles. The van der Waals surface area contributed by atoms with Gasteiger partial charge in [-0.05, 0) is 24.3 Å². The van der Waals surface area contributed by atoms with Crippen molar-refractivity contribution in [2.45, 2.75) is 13.1 Å². The fourth-order valence-corrected chi connectivity index (χ4v) is 3.10. The first-order valence-electron chi connectivity index (χ1n) is 7.83. The summed E-state index contributed by atoms with van der Waals surface area (Å²) < 4.78 is 24.4. The van der Waals surface area contributed by atoms with Gasteiger partial charge >= 0.3 is 5.63 Å². The first kappa shape index (κ1) is 17.5. The van der Waals surface area contributed by atoms with Crippen molar-refractivity contribution < 1.29 is 18.4 Å². The van der Waals surface area contributed by atoms with Crippen molar-refractivity contribution in [1.82, 2.24) is 0 Å². The highest BCUT2D eigenvalue weighted by molar-refractivity contribution is 6.31. The average molecular weight is 363 g/mol. The van der Waals surface area contributed by atoms with E-state index in [9.17, 15) is 9.18 Å². The molecule has 6 heteroatoms. The number of hydrogen-bond donors (Lipinski definition) is 1. The maximum atomic E-state index is 14.0. The summed E-state index contributed by atoms with van der Waals surface area (Å²) in [4.78, 5) is 12.8. The van der Waals surface area contributed by atoms with Gasteiger partial charge in [-0.25, -0.2) is 9.18 Å². The Balaban J connectivity index is 1.91. The van der Waals surface area contributed by atoms with Gasteiger partial charge in [0.1, 0.15) is 30.2 Å². The second-order valence-electron chi connectivity index (χ2n) is 5.96. The Morgan fingerprint density at radius 3 is 2.72 bits per heavy atom. The van der Waals surface area contributed by atoms with Crippen molar-refractivity contribution in [3.63, 3.8) is 0 Å². The average Bonchev–Trinajstić information content (AvgIpc) is 2.57. The second-order valence-corrected chi connectivity index (χ2v) is 6.37. The number of nitrogens with one attached hydrogen (secondary N) is 1. The topological polar surface area (TPSA) is 43.9 Å². The van der Waals surface area contributed by atoms with Gasteiger partial charge in [-0.1, -0.05) is 17.7 Å². The standard InChI is InChI=1S/C19H17ClFNO3/c1-22(11-15-16(20)4-3-5-17(15)21)10-12-8-19(23)25-18-9-13(24-2)6-7-14(12)18/h3-9H,10-11H2,1-2H3/p+1. The molecule has 3 aromatic rings. The highest BCUT2D eigenvalue weighted by Gasteiger charge is 2.15. The zero-order valence-corrected chi connectivity index (χ0v) is 14.7. The summed E-state index contributed by atoms with van der Waals surface area (Å²) in [6, 6.07) is 11.5. The largest absolute Gasteiger partial charge is 0.497 e. The van der Waals surface area contributed by atoms with Crippen LogP contribution >= 0.6 is 11.6 Å². The number of rotatable bonds is 5. The summed E-state index contributed by atoms with van der Waals surface area (Å²) in [5, 5.41) is 1.24. The molecular weight excluding hydrogens is 345 g/mol. The molecule has 1 aromatic heterocycles. The van der Waals surface area contributed by atoms with Crippen molar-refractivity contribution in [2.75, 3.05) is 14.2 Å². The molecule has 0 saturated carbocycles. The molecule has 0 spiro atoms. The Morgan fingerprint density at radius 2 is 2.00 bits per heavy atom. The molecule has 3 rings (SSSR count). The van der Waals surface area contributed by atoms with Gasteiger partial charge < -0.3 is 14.1 Å². The maximum Gasteiger partial charge on any atom is 0.336 e. The summed E-state index contributed by atoms with van der Waals surface area (Å²) >= 11 is 6.10. The number of quaternary nitrogens is 1. The third-order valence-corrected chi connectivity index (χ3v) is 4.42. The molecule has 2 aromatic carbocycles. The lowest BCUT2D eigenvalue weighted by molar-refractivity contribution is -0.907. The Bertz CT molecular complexity index is 950. The fourth-order valence-electron chi connectivity index (χ4n) is 2.87. The van der Waals surface area contributed by atoms with E-state index in [-0.39, 0.29) is 5.82 Å². The van der Waals surface area contributed by atoms with Gasteiger partial charge in [0.05, 0.1) is 24.7 Å². The molecule has 1 unspecified atom stereocenters. The third kappa shape index (κ3) is 3.83. The second kappa shape index (κ2) is 7.25. The minimum atomic E-state index is -0.424. The number of halogens is 2. The molecule has 0 radical (unpaired) electrons. The lowest BCUT2D eigenvalue weighted by atomic mass is 10.1. The Kier molecular flexibility index (Phi) is 5.06. The molecular formula is C19H18ClFNO3+. The molecule has 130 valence electrons. The van der Waals surface area contributed by atoms with E-state index in [4.69, 9.17) is 20.8 Å². The molecule has 0 fully saturated rings. The van der Waals surface area contributed by atoms with E-state index in [1.165, 1.54) is 12.1 Å². The minimum absolute atomic E-state index is 0.325. The van der Waals surface area contributed by atoms with E-state index in [0.717, 1.165) is 15.8 Å². The summed E-state index contributed by atoms with van der Waals surface area (Å²) in [6.45, 7) is 0.933. The van der Waals surface area contributed by atoms with Gasteiger partial charge in [-0.2, -0.15) is 0 Å². The molecule has 4 nitrogen and oxygen atoms in total. The highest BCUT2D eigenvalue weighted by Crippen LogP contribution is 2.22. The summed E-state index contributed by atoms with van der Waals surface area (Å²) in [6.07, 6.45) is 0. The predicted octanol–water partition coefficient (Wildman–Crippen LogP) is 2.81. The van der Waals surface area contributed by atoms with Gasteiger partial charge in [0.25, 0.3) is 0 Å². The van der Waals surface area contributed by atoms with Gasteiger partial charge in [-0.15, -0.1) is 0 Å². The molecule has 0 aliphatic rings. The number of methoxy groups -OCH3 is 1. The van der Waals surface area contributed by atoms with Crippen molar-refractivity contribution in [3.8, 4) is 5.75 Å². The van der Waals surface area contributed by atoms with Crippen LogP contribution in [-0.4, -0.2) is 14.2 Å². The zero-order chi connectivity index (χ0) is 18.0. The monoisotopic (exact) mass is 362 g/mol. The molecule has 0 amide bonds. The Labute approximate surface area is 149 Å². The first-order chi connectivity index (χ1) is 12.0. The number of ether oxygens (including phenoxy) is 1. The van der Waals surface area contributed by atoms with Crippen LogP contribution < -0.4 is 15.3 Å². The predicted molar refractivity (Wildman–Crippen MR) is 94.7 cm³/mol. The first-order valence-corrected chi connectivity index (χ1v) is 8.20. The van der Waals surface area contributed by atoms with Crippen LogP contribution in [-0.2, 0) is 13.1 Å². The zero-order valence-electron chi connectivity index (χ0n) is 13.9. The van der Waals surface area contributed by atoms with Gasteiger partial charge in [0.2, 0.25) is 0 Å². The molecule has 0 bridgehead atoms. The van der Waals surface area contributed by atoms with Gasteiger partial charge in [0.15, 0.2) is 0 Å². The van der Waals surface area contributed by atoms with Crippen molar-refractivity contribution in [3.05, 3.63) is 74.9 Å². The van der Waals surface area contributed by atoms with Crippen LogP contribution in [0.1, 0.15) is 11.1 Å². The summed E-state index contributed by atoms with van der Waals surface area (Å²) in [5.74, 6) is 0.292. The van der Waals surface area contributed by atoms with E-state index in [2.05, 4.69) is 0 Å². The quantitative estimate of drug-likeness (QED) is 0.710. The number of hydrogen-bond acceptors (Lipinski definition) is 3. The molecule has 1 atom stereocenters. The maximum absolute atomic E-state index is 14.0. The Morgan fingerprint density at radius 1 is 1.20 bits per heavy atom. The van der Waals surface area contributed by atoms with E-state index >= 15 is 0 Å². The lowest BCUT2D eigenvalue weighted by Crippen LogP contribution is -3.06. The van der Waals surface area contributed by atoms with Crippen molar-refractivity contribution >= 4 is 22.6 Å². The Hall–Kier alpha value is -2.37. The third-order valence-electron chi connectivity index (χ3n) is 4.07. The van der Waals surface area contributed by atoms with Crippen LogP contribution in [0, 0.1) is 5.82 Å². The van der Waals surface area contributed by atoms with Crippen LogP contribution in [0.5, 0.6) is 5.75 Å². The fraction of sp³-hybridized carbons (Fsp3) is 0.211. The molecule has 1 N–H and O–H groups in total. The molecule has 1 heterocycles. The normalized spacial score (nSPS) is 12.3. The lowest BCUT2D eigenvalue weighted by Gasteiger charge is -2.16. The van der Waals surface area contributed by atoms with Gasteiger partial charge in [-0.3, -0.25) is 0 Å². The van der Waals surface area contributed by atoms with Crippen molar-refractivity contribution in [1.29, 1.82) is 0 Å². The van der Waals surface area contributed by atoms with E-state index in [1.807, 2.05) is 19.2 Å². The van der Waals surface area contributed by atoms with Crippen LogP contribution in [0.2, 0.25) is 5.02 Å². The summed E-state index contributed by atoms with van der Waals surface area (Å²) in [7, 11) is 3.48. The highest BCUT2D eigenvalue weighted by atomic mass is 35.5. The minimum Gasteiger partial charge on any atom is -0.497 e. The SMILES string of the molecule is COc1ccc2c(C[NH+](C)Cc3c(F)cccc3Cl)cc(=O)oc2c1. The molecule has 0 saturated heterocycles.